The molecule has 0 aromatic heterocycles. The van der Waals surface area contributed by atoms with Crippen molar-refractivity contribution in [3.63, 3.8) is 0 Å². The predicted octanol–water partition coefficient (Wildman–Crippen LogP) is 1.81. The van der Waals surface area contributed by atoms with Gasteiger partial charge in [0.2, 0.25) is 0 Å². The van der Waals surface area contributed by atoms with Crippen LogP contribution in [-0.2, 0) is 11.2 Å². The lowest BCUT2D eigenvalue weighted by Gasteiger charge is -2.28. The third-order valence-electron chi connectivity index (χ3n) is 2.54. The molecule has 1 aromatic rings. The number of rotatable bonds is 2. The van der Waals surface area contributed by atoms with Crippen LogP contribution in [0.15, 0.2) is 30.3 Å². The molecule has 1 fully saturated rings. The first-order chi connectivity index (χ1) is 6.84. The fourth-order valence-electron chi connectivity index (χ4n) is 1.69. The molecule has 1 aliphatic heterocycles. The van der Waals surface area contributed by atoms with Crippen LogP contribution in [0.1, 0.15) is 12.5 Å². The fraction of sp³-hybridized carbons (Fsp3) is 0.500. The normalized spacial score (nSPS) is 27.5. The molecule has 14 heavy (non-hydrogen) atoms. The summed E-state index contributed by atoms with van der Waals surface area (Å²) in [5.41, 5.74) is 1.33. The van der Waals surface area contributed by atoms with E-state index in [1.54, 1.807) is 0 Å². The zero-order valence-electron chi connectivity index (χ0n) is 8.57. The van der Waals surface area contributed by atoms with E-state index in [2.05, 4.69) is 36.5 Å². The molecule has 0 radical (unpaired) electrons. The Kier molecular flexibility index (Phi) is 3.17. The Labute approximate surface area is 85.3 Å². The zero-order chi connectivity index (χ0) is 9.80. The summed E-state index contributed by atoms with van der Waals surface area (Å²) in [7, 11) is 0. The van der Waals surface area contributed by atoms with Gasteiger partial charge in [-0.3, -0.25) is 5.32 Å². The van der Waals surface area contributed by atoms with Gasteiger partial charge in [-0.05, 0) is 11.5 Å². The molecule has 1 aromatic carbocycles. The third kappa shape index (κ3) is 2.56. The Morgan fingerprint density at radius 3 is 2.79 bits per heavy atom. The van der Waals surface area contributed by atoms with Crippen LogP contribution < -0.4 is 5.32 Å². The SMILES string of the molecule is CC1CNC(Cc2ccccc2)OC1. The van der Waals surface area contributed by atoms with Crippen LogP contribution in [0, 0.1) is 5.92 Å². The maximum Gasteiger partial charge on any atom is 0.112 e. The van der Waals surface area contributed by atoms with Crippen molar-refractivity contribution in [3.05, 3.63) is 35.9 Å². The van der Waals surface area contributed by atoms with Crippen molar-refractivity contribution in [2.24, 2.45) is 5.92 Å². The number of hydrogen-bond donors (Lipinski definition) is 1. The molecule has 0 saturated carbocycles. The first-order valence-corrected chi connectivity index (χ1v) is 5.23. The van der Waals surface area contributed by atoms with Gasteiger partial charge in [-0.15, -0.1) is 0 Å². The molecular formula is C12H17NO. The summed E-state index contributed by atoms with van der Waals surface area (Å²) in [4.78, 5) is 0. The second-order valence-electron chi connectivity index (χ2n) is 4.03. The van der Waals surface area contributed by atoms with Gasteiger partial charge in [0.05, 0.1) is 6.61 Å². The maximum atomic E-state index is 5.68. The average Bonchev–Trinajstić information content (AvgIpc) is 2.23. The molecule has 0 spiro atoms. The lowest BCUT2D eigenvalue weighted by atomic mass is 10.1. The lowest BCUT2D eigenvalue weighted by Crippen LogP contribution is -2.43. The molecule has 1 heterocycles. The Hall–Kier alpha value is -0.860. The highest BCUT2D eigenvalue weighted by Crippen LogP contribution is 2.09. The van der Waals surface area contributed by atoms with E-state index in [-0.39, 0.29) is 6.23 Å². The van der Waals surface area contributed by atoms with E-state index < -0.39 is 0 Å². The van der Waals surface area contributed by atoms with Crippen molar-refractivity contribution in [3.8, 4) is 0 Å². The third-order valence-corrected chi connectivity index (χ3v) is 2.54. The number of hydrogen-bond acceptors (Lipinski definition) is 2. The highest BCUT2D eigenvalue weighted by molar-refractivity contribution is 5.15. The van der Waals surface area contributed by atoms with E-state index in [0.29, 0.717) is 5.92 Å². The summed E-state index contributed by atoms with van der Waals surface area (Å²) in [6.45, 7) is 4.15. The minimum atomic E-state index is 0.202. The molecule has 2 heteroatoms. The average molecular weight is 191 g/mol. The Balaban J connectivity index is 1.87. The van der Waals surface area contributed by atoms with Gasteiger partial charge < -0.3 is 4.74 Å². The fourth-order valence-corrected chi connectivity index (χ4v) is 1.69. The molecule has 2 unspecified atom stereocenters. The summed E-state index contributed by atoms with van der Waals surface area (Å²) < 4.78 is 5.68. The zero-order valence-corrected chi connectivity index (χ0v) is 8.57. The van der Waals surface area contributed by atoms with Crippen molar-refractivity contribution in [1.82, 2.24) is 5.32 Å². The molecule has 76 valence electrons. The molecule has 1 aliphatic rings. The Morgan fingerprint density at radius 2 is 2.14 bits per heavy atom. The van der Waals surface area contributed by atoms with Gasteiger partial charge in [-0.2, -0.15) is 0 Å². The number of benzene rings is 1. The standard InChI is InChI=1S/C12H17NO/c1-10-8-13-12(14-9-10)7-11-5-3-2-4-6-11/h2-6,10,12-13H,7-9H2,1H3. The molecule has 0 amide bonds. The van der Waals surface area contributed by atoms with Crippen LogP contribution in [0.25, 0.3) is 0 Å². The minimum absolute atomic E-state index is 0.202. The molecule has 0 bridgehead atoms. The van der Waals surface area contributed by atoms with Crippen LogP contribution >= 0.6 is 0 Å². The highest BCUT2D eigenvalue weighted by Gasteiger charge is 2.17. The van der Waals surface area contributed by atoms with E-state index in [1.807, 2.05) is 6.07 Å². The van der Waals surface area contributed by atoms with E-state index in [4.69, 9.17) is 4.74 Å². The van der Waals surface area contributed by atoms with Crippen LogP contribution in [0.3, 0.4) is 0 Å². The molecule has 0 aliphatic carbocycles. The summed E-state index contributed by atoms with van der Waals surface area (Å²) in [5, 5.41) is 3.40. The molecule has 1 N–H and O–H groups in total. The van der Waals surface area contributed by atoms with Gasteiger partial charge in [0.25, 0.3) is 0 Å². The summed E-state index contributed by atoms with van der Waals surface area (Å²) >= 11 is 0. The van der Waals surface area contributed by atoms with Crippen molar-refractivity contribution in [2.75, 3.05) is 13.2 Å². The Morgan fingerprint density at radius 1 is 1.36 bits per heavy atom. The summed E-state index contributed by atoms with van der Waals surface area (Å²) in [6, 6.07) is 10.5. The maximum absolute atomic E-state index is 5.68. The van der Waals surface area contributed by atoms with Crippen molar-refractivity contribution in [1.29, 1.82) is 0 Å². The van der Waals surface area contributed by atoms with Gasteiger partial charge in [-0.1, -0.05) is 37.3 Å². The molecule has 2 atom stereocenters. The molecule has 1 saturated heterocycles. The second-order valence-corrected chi connectivity index (χ2v) is 4.03. The quantitative estimate of drug-likeness (QED) is 0.769. The van der Waals surface area contributed by atoms with Gasteiger partial charge in [0.15, 0.2) is 0 Å². The van der Waals surface area contributed by atoms with E-state index in [1.165, 1.54) is 5.56 Å². The van der Waals surface area contributed by atoms with Crippen molar-refractivity contribution >= 4 is 0 Å². The van der Waals surface area contributed by atoms with E-state index in [0.717, 1.165) is 19.6 Å². The van der Waals surface area contributed by atoms with Crippen LogP contribution in [0.2, 0.25) is 0 Å². The largest absolute Gasteiger partial charge is 0.363 e. The first-order valence-electron chi connectivity index (χ1n) is 5.23. The number of nitrogens with one attached hydrogen (secondary N) is 1. The van der Waals surface area contributed by atoms with E-state index in [9.17, 15) is 0 Å². The second kappa shape index (κ2) is 4.58. The number of ether oxygens (including phenoxy) is 1. The first kappa shape index (κ1) is 9.69. The summed E-state index contributed by atoms with van der Waals surface area (Å²) in [5.74, 6) is 0.641. The highest BCUT2D eigenvalue weighted by atomic mass is 16.5. The molecule has 2 nitrogen and oxygen atoms in total. The monoisotopic (exact) mass is 191 g/mol. The minimum Gasteiger partial charge on any atom is -0.363 e. The van der Waals surface area contributed by atoms with Gasteiger partial charge in [-0.25, -0.2) is 0 Å². The van der Waals surface area contributed by atoms with Gasteiger partial charge in [0, 0.05) is 13.0 Å². The summed E-state index contributed by atoms with van der Waals surface area (Å²) in [6.07, 6.45) is 1.17. The topological polar surface area (TPSA) is 21.3 Å². The molecular weight excluding hydrogens is 174 g/mol. The van der Waals surface area contributed by atoms with Crippen molar-refractivity contribution in [2.45, 2.75) is 19.6 Å². The predicted molar refractivity (Wildman–Crippen MR) is 57.1 cm³/mol. The lowest BCUT2D eigenvalue weighted by molar-refractivity contribution is -0.0228. The van der Waals surface area contributed by atoms with Crippen LogP contribution in [-0.4, -0.2) is 19.4 Å². The van der Waals surface area contributed by atoms with E-state index >= 15 is 0 Å². The van der Waals surface area contributed by atoms with Crippen LogP contribution in [0.5, 0.6) is 0 Å². The van der Waals surface area contributed by atoms with Gasteiger partial charge >= 0.3 is 0 Å². The molecule has 2 rings (SSSR count). The van der Waals surface area contributed by atoms with Gasteiger partial charge in [0.1, 0.15) is 6.23 Å². The smallest absolute Gasteiger partial charge is 0.112 e. The van der Waals surface area contributed by atoms with Crippen molar-refractivity contribution < 1.29 is 4.74 Å². The Bertz CT molecular complexity index is 265. The van der Waals surface area contributed by atoms with Crippen LogP contribution in [0.4, 0.5) is 0 Å².